The quantitative estimate of drug-likeness (QED) is 0.761. The van der Waals surface area contributed by atoms with Gasteiger partial charge in [-0.3, -0.25) is 4.79 Å². The Kier molecular flexibility index (Phi) is 3.58. The largest absolute Gasteiger partial charge is 0.310 e. The molecule has 1 N–H and O–H groups in total. The highest BCUT2D eigenvalue weighted by atomic mass is 35.5. The summed E-state index contributed by atoms with van der Waals surface area (Å²) in [4.78, 5) is 12.2. The predicted octanol–water partition coefficient (Wildman–Crippen LogP) is 4.14. The van der Waals surface area contributed by atoms with E-state index in [-0.39, 0.29) is 17.6 Å². The van der Waals surface area contributed by atoms with Gasteiger partial charge in [0.15, 0.2) is 0 Å². The number of anilines is 1. The van der Waals surface area contributed by atoms with Crippen molar-refractivity contribution in [2.24, 2.45) is 0 Å². The Morgan fingerprint density at radius 3 is 2.75 bits per heavy atom. The first-order valence-corrected chi connectivity index (χ1v) is 7.89. The van der Waals surface area contributed by atoms with Crippen LogP contribution in [0.25, 0.3) is 5.69 Å². The van der Waals surface area contributed by atoms with Crippen LogP contribution in [0.4, 0.5) is 10.2 Å². The molecule has 0 bridgehead atoms. The van der Waals surface area contributed by atoms with E-state index in [1.165, 1.54) is 12.1 Å². The number of hydrogen-bond acceptors (Lipinski definition) is 2. The number of aromatic nitrogens is 2. The van der Waals surface area contributed by atoms with Gasteiger partial charge >= 0.3 is 0 Å². The van der Waals surface area contributed by atoms with E-state index in [1.807, 2.05) is 18.2 Å². The van der Waals surface area contributed by atoms with Gasteiger partial charge in [-0.05, 0) is 42.0 Å². The molecule has 120 valence electrons. The number of halogens is 2. The van der Waals surface area contributed by atoms with Gasteiger partial charge in [-0.25, -0.2) is 9.07 Å². The number of hydrogen-bond donors (Lipinski definition) is 1. The van der Waals surface area contributed by atoms with E-state index in [9.17, 15) is 9.18 Å². The van der Waals surface area contributed by atoms with Gasteiger partial charge < -0.3 is 5.32 Å². The second-order valence-corrected chi connectivity index (χ2v) is 6.13. The third-order valence-corrected chi connectivity index (χ3v) is 4.38. The second kappa shape index (κ2) is 5.76. The molecule has 1 aliphatic rings. The number of carbonyl (C=O) groups excluding carboxylic acids is 1. The number of carbonyl (C=O) groups is 1. The van der Waals surface area contributed by atoms with E-state index in [2.05, 4.69) is 10.4 Å². The standard InChI is InChI=1S/C18H13ClFN3O/c19-12-3-1-2-11(8-12)15-9-17(24)22-18-16(15)10-21-23(18)14-6-4-13(20)5-7-14/h1-8,10,15H,9H2,(H,22,24). The Morgan fingerprint density at radius 1 is 1.21 bits per heavy atom. The minimum atomic E-state index is -0.319. The molecule has 0 radical (unpaired) electrons. The zero-order chi connectivity index (χ0) is 16.7. The van der Waals surface area contributed by atoms with Gasteiger partial charge in [0.05, 0.1) is 11.9 Å². The van der Waals surface area contributed by atoms with Crippen LogP contribution in [0, 0.1) is 5.82 Å². The summed E-state index contributed by atoms with van der Waals surface area (Å²) in [6.07, 6.45) is 2.08. The highest BCUT2D eigenvalue weighted by Gasteiger charge is 2.30. The van der Waals surface area contributed by atoms with E-state index in [0.717, 1.165) is 11.1 Å². The maximum absolute atomic E-state index is 13.1. The molecule has 0 saturated carbocycles. The summed E-state index contributed by atoms with van der Waals surface area (Å²) in [5.74, 6) is 0.0985. The number of nitrogens with zero attached hydrogens (tertiary/aromatic N) is 2. The van der Waals surface area contributed by atoms with Crippen LogP contribution >= 0.6 is 11.6 Å². The minimum Gasteiger partial charge on any atom is -0.310 e. The molecule has 3 aromatic rings. The monoisotopic (exact) mass is 341 g/mol. The molecule has 0 fully saturated rings. The van der Waals surface area contributed by atoms with Crippen LogP contribution < -0.4 is 5.32 Å². The highest BCUT2D eigenvalue weighted by Crippen LogP contribution is 2.38. The molecule has 1 aliphatic heterocycles. The van der Waals surface area contributed by atoms with Crippen molar-refractivity contribution in [1.82, 2.24) is 9.78 Å². The number of rotatable bonds is 2. The molecule has 0 spiro atoms. The molecule has 0 saturated heterocycles. The lowest BCUT2D eigenvalue weighted by atomic mass is 9.87. The summed E-state index contributed by atoms with van der Waals surface area (Å²) in [5, 5.41) is 7.88. The average molecular weight is 342 g/mol. The number of nitrogens with one attached hydrogen (secondary N) is 1. The molecular weight excluding hydrogens is 329 g/mol. The maximum Gasteiger partial charge on any atom is 0.226 e. The first-order valence-electron chi connectivity index (χ1n) is 7.51. The summed E-state index contributed by atoms with van der Waals surface area (Å²) in [6, 6.07) is 13.5. The van der Waals surface area contributed by atoms with Gasteiger partial charge in [-0.15, -0.1) is 0 Å². The van der Waals surface area contributed by atoms with Crippen molar-refractivity contribution in [1.29, 1.82) is 0 Å². The first-order chi connectivity index (χ1) is 11.6. The molecule has 1 atom stereocenters. The van der Waals surface area contributed by atoms with Crippen LogP contribution in [0.3, 0.4) is 0 Å². The fourth-order valence-electron chi connectivity index (χ4n) is 3.02. The van der Waals surface area contributed by atoms with Gasteiger partial charge in [0.25, 0.3) is 0 Å². The van der Waals surface area contributed by atoms with Crippen LogP contribution in [0.2, 0.25) is 5.02 Å². The van der Waals surface area contributed by atoms with Gasteiger partial charge in [-0.2, -0.15) is 5.10 Å². The summed E-state index contributed by atoms with van der Waals surface area (Å²) < 4.78 is 14.8. The SMILES string of the molecule is O=C1CC(c2cccc(Cl)c2)c2cnn(-c3ccc(F)cc3)c2N1. The lowest BCUT2D eigenvalue weighted by Gasteiger charge is -2.24. The minimum absolute atomic E-state index is 0.0867. The fraction of sp³-hybridized carbons (Fsp3) is 0.111. The van der Waals surface area contributed by atoms with Crippen molar-refractivity contribution in [3.8, 4) is 5.69 Å². The van der Waals surface area contributed by atoms with E-state index in [0.29, 0.717) is 22.9 Å². The molecule has 4 rings (SSSR count). The predicted molar refractivity (Wildman–Crippen MR) is 90.1 cm³/mol. The third kappa shape index (κ3) is 2.57. The van der Waals surface area contributed by atoms with E-state index >= 15 is 0 Å². The molecule has 24 heavy (non-hydrogen) atoms. The van der Waals surface area contributed by atoms with Crippen molar-refractivity contribution >= 4 is 23.3 Å². The molecule has 1 unspecified atom stereocenters. The van der Waals surface area contributed by atoms with Crippen LogP contribution in [-0.2, 0) is 4.79 Å². The van der Waals surface area contributed by atoms with Gasteiger partial charge in [0, 0.05) is 22.9 Å². The van der Waals surface area contributed by atoms with Gasteiger partial charge in [-0.1, -0.05) is 23.7 Å². The molecule has 4 nitrogen and oxygen atoms in total. The molecular formula is C18H13ClFN3O. The summed E-state index contributed by atoms with van der Waals surface area (Å²) in [6.45, 7) is 0. The lowest BCUT2D eigenvalue weighted by molar-refractivity contribution is -0.116. The Hall–Kier alpha value is -2.66. The normalized spacial score (nSPS) is 16.6. The van der Waals surface area contributed by atoms with E-state index < -0.39 is 0 Å². The Bertz CT molecular complexity index is 920. The summed E-state index contributed by atoms with van der Waals surface area (Å²) >= 11 is 6.09. The van der Waals surface area contributed by atoms with Gasteiger partial charge in [0.2, 0.25) is 5.91 Å². The number of fused-ring (bicyclic) bond motifs is 1. The van der Waals surface area contributed by atoms with E-state index in [4.69, 9.17) is 11.6 Å². The molecule has 2 aromatic carbocycles. The Balaban J connectivity index is 1.81. The first kappa shape index (κ1) is 14.9. The zero-order valence-electron chi connectivity index (χ0n) is 12.5. The van der Waals surface area contributed by atoms with Crippen molar-refractivity contribution in [2.75, 3.05) is 5.32 Å². The summed E-state index contributed by atoms with van der Waals surface area (Å²) in [5.41, 5.74) is 2.57. The third-order valence-electron chi connectivity index (χ3n) is 4.14. The smallest absolute Gasteiger partial charge is 0.226 e. The maximum atomic E-state index is 13.1. The zero-order valence-corrected chi connectivity index (χ0v) is 13.3. The van der Waals surface area contributed by atoms with Crippen molar-refractivity contribution in [3.05, 3.63) is 76.7 Å². The van der Waals surface area contributed by atoms with Crippen LogP contribution in [0.5, 0.6) is 0 Å². The fourth-order valence-corrected chi connectivity index (χ4v) is 3.22. The highest BCUT2D eigenvalue weighted by molar-refractivity contribution is 6.30. The van der Waals surface area contributed by atoms with Crippen LogP contribution in [0.1, 0.15) is 23.5 Å². The molecule has 1 aromatic heterocycles. The lowest BCUT2D eigenvalue weighted by Crippen LogP contribution is -2.24. The molecule has 2 heterocycles. The summed E-state index contributed by atoms with van der Waals surface area (Å²) in [7, 11) is 0. The Labute approximate surface area is 142 Å². The van der Waals surface area contributed by atoms with Crippen LogP contribution in [0.15, 0.2) is 54.7 Å². The Morgan fingerprint density at radius 2 is 2.00 bits per heavy atom. The molecule has 6 heteroatoms. The molecule has 0 aliphatic carbocycles. The second-order valence-electron chi connectivity index (χ2n) is 5.70. The molecule has 1 amide bonds. The topological polar surface area (TPSA) is 46.9 Å². The van der Waals surface area contributed by atoms with E-state index in [1.54, 1.807) is 29.1 Å². The van der Waals surface area contributed by atoms with Crippen molar-refractivity contribution in [2.45, 2.75) is 12.3 Å². The van der Waals surface area contributed by atoms with Gasteiger partial charge in [0.1, 0.15) is 11.6 Å². The number of benzene rings is 2. The van der Waals surface area contributed by atoms with Crippen molar-refractivity contribution < 1.29 is 9.18 Å². The van der Waals surface area contributed by atoms with Crippen LogP contribution in [-0.4, -0.2) is 15.7 Å². The number of amides is 1. The van der Waals surface area contributed by atoms with Crippen molar-refractivity contribution in [3.63, 3.8) is 0 Å². The average Bonchev–Trinajstić information content (AvgIpc) is 2.98.